The van der Waals surface area contributed by atoms with E-state index in [1.807, 2.05) is 0 Å². The zero-order valence-corrected chi connectivity index (χ0v) is 9.68. The van der Waals surface area contributed by atoms with Gasteiger partial charge in [-0.1, -0.05) is 0 Å². The molecule has 0 saturated heterocycles. The lowest BCUT2D eigenvalue weighted by Crippen LogP contribution is -2.05. The van der Waals surface area contributed by atoms with Crippen LogP contribution in [0.15, 0.2) is 6.07 Å². The predicted octanol–water partition coefficient (Wildman–Crippen LogP) is 1.43. The lowest BCUT2D eigenvalue weighted by atomic mass is 10.2. The summed E-state index contributed by atoms with van der Waals surface area (Å²) in [4.78, 5) is 29.4. The van der Waals surface area contributed by atoms with Gasteiger partial charge >= 0.3 is 17.1 Å². The first-order chi connectivity index (χ1) is 8.84. The Bertz CT molecular complexity index is 570. The molecule has 0 N–H and O–H groups in total. The number of rotatable bonds is 5. The Morgan fingerprint density at radius 1 is 0.895 bits per heavy atom. The Morgan fingerprint density at radius 2 is 1.42 bits per heavy atom. The van der Waals surface area contributed by atoms with E-state index in [0.29, 0.717) is 6.07 Å². The van der Waals surface area contributed by atoms with Crippen LogP contribution >= 0.6 is 0 Å². The average Bonchev–Trinajstić information content (AvgIpc) is 2.35. The number of nitro groups is 3. The van der Waals surface area contributed by atoms with E-state index in [9.17, 15) is 30.3 Å². The highest BCUT2D eigenvalue weighted by atomic mass is 16.6. The Labute approximate surface area is 104 Å². The SMILES string of the molecule is COc1cc([N+](=O)[O-])c(OC)c([N+](=O)[O-])c1[N+](=O)[O-]. The van der Waals surface area contributed by atoms with Gasteiger partial charge in [-0.15, -0.1) is 0 Å². The molecule has 1 aromatic rings. The van der Waals surface area contributed by atoms with Gasteiger partial charge in [-0.2, -0.15) is 0 Å². The van der Waals surface area contributed by atoms with Crippen molar-refractivity contribution in [3.05, 3.63) is 36.4 Å². The van der Waals surface area contributed by atoms with Crippen molar-refractivity contribution >= 4 is 17.1 Å². The third-order valence-corrected chi connectivity index (χ3v) is 2.16. The molecule has 0 atom stereocenters. The molecule has 0 aliphatic heterocycles. The second kappa shape index (κ2) is 5.12. The summed E-state index contributed by atoms with van der Waals surface area (Å²) in [7, 11) is 1.94. The average molecular weight is 273 g/mol. The number of nitro benzene ring substituents is 3. The minimum absolute atomic E-state index is 0.593. The summed E-state index contributed by atoms with van der Waals surface area (Å²) < 4.78 is 9.13. The molecule has 0 aliphatic rings. The maximum Gasteiger partial charge on any atom is 0.398 e. The summed E-state index contributed by atoms with van der Waals surface area (Å²) in [6.07, 6.45) is 0. The molecule has 102 valence electrons. The van der Waals surface area contributed by atoms with Gasteiger partial charge in [-0.05, 0) is 0 Å². The van der Waals surface area contributed by atoms with Gasteiger partial charge in [0.25, 0.3) is 5.75 Å². The molecule has 0 aromatic heterocycles. The van der Waals surface area contributed by atoms with Crippen molar-refractivity contribution in [3.8, 4) is 11.5 Å². The second-order valence-electron chi connectivity index (χ2n) is 3.10. The molecular weight excluding hydrogens is 266 g/mol. The van der Waals surface area contributed by atoms with Crippen molar-refractivity contribution in [3.63, 3.8) is 0 Å². The van der Waals surface area contributed by atoms with Crippen LogP contribution in [-0.2, 0) is 0 Å². The lowest BCUT2D eigenvalue weighted by molar-refractivity contribution is -0.425. The van der Waals surface area contributed by atoms with Crippen LogP contribution in [0.4, 0.5) is 17.1 Å². The van der Waals surface area contributed by atoms with Gasteiger partial charge in [0.15, 0.2) is 0 Å². The van der Waals surface area contributed by atoms with Crippen LogP contribution in [0.3, 0.4) is 0 Å². The molecule has 19 heavy (non-hydrogen) atoms. The minimum Gasteiger partial charge on any atom is -0.490 e. The summed E-state index contributed by atoms with van der Waals surface area (Å²) >= 11 is 0. The third-order valence-electron chi connectivity index (χ3n) is 2.16. The Balaban J connectivity index is 3.88. The number of methoxy groups -OCH3 is 2. The van der Waals surface area contributed by atoms with Gasteiger partial charge in [0.1, 0.15) is 0 Å². The fourth-order valence-corrected chi connectivity index (χ4v) is 1.44. The fraction of sp³-hybridized carbons (Fsp3) is 0.250. The van der Waals surface area contributed by atoms with E-state index in [0.717, 1.165) is 14.2 Å². The molecule has 0 aliphatic carbocycles. The summed E-state index contributed by atoms with van der Waals surface area (Å²) in [6, 6.07) is 0.698. The third kappa shape index (κ3) is 2.34. The first-order valence-corrected chi connectivity index (χ1v) is 4.57. The van der Waals surface area contributed by atoms with Gasteiger partial charge in [0.2, 0.25) is 5.75 Å². The van der Waals surface area contributed by atoms with Crippen LogP contribution in [0.25, 0.3) is 0 Å². The Morgan fingerprint density at radius 3 is 1.74 bits per heavy atom. The fourth-order valence-electron chi connectivity index (χ4n) is 1.44. The molecule has 11 nitrogen and oxygen atoms in total. The first-order valence-electron chi connectivity index (χ1n) is 4.57. The number of ether oxygens (including phenoxy) is 2. The molecule has 0 heterocycles. The zero-order valence-electron chi connectivity index (χ0n) is 9.68. The predicted molar refractivity (Wildman–Crippen MR) is 59.5 cm³/mol. The topological polar surface area (TPSA) is 148 Å². The molecule has 0 fully saturated rings. The summed E-state index contributed by atoms with van der Waals surface area (Å²) in [5.74, 6) is -1.40. The van der Waals surface area contributed by atoms with E-state index in [-0.39, 0.29) is 0 Å². The molecule has 1 aromatic carbocycles. The van der Waals surface area contributed by atoms with E-state index in [2.05, 4.69) is 9.47 Å². The highest BCUT2D eigenvalue weighted by Crippen LogP contribution is 2.48. The maximum absolute atomic E-state index is 10.9. The number of hydrogen-bond donors (Lipinski definition) is 0. The normalized spacial score (nSPS) is 9.79. The van der Waals surface area contributed by atoms with Gasteiger partial charge in [-0.3, -0.25) is 30.3 Å². The van der Waals surface area contributed by atoms with Crippen LogP contribution in [0.1, 0.15) is 0 Å². The van der Waals surface area contributed by atoms with Gasteiger partial charge < -0.3 is 9.47 Å². The summed E-state index contributed by atoms with van der Waals surface area (Å²) in [5, 5.41) is 32.5. The molecule has 0 radical (unpaired) electrons. The lowest BCUT2D eigenvalue weighted by Gasteiger charge is -2.06. The van der Waals surface area contributed by atoms with Crippen molar-refractivity contribution < 1.29 is 24.2 Å². The molecule has 11 heteroatoms. The molecule has 0 unspecified atom stereocenters. The van der Waals surface area contributed by atoms with Gasteiger partial charge in [0.05, 0.1) is 35.1 Å². The molecule has 0 amide bonds. The second-order valence-corrected chi connectivity index (χ2v) is 3.10. The quantitative estimate of drug-likeness (QED) is 0.577. The first kappa shape index (κ1) is 14.1. The highest BCUT2D eigenvalue weighted by Gasteiger charge is 2.41. The highest BCUT2D eigenvalue weighted by molar-refractivity contribution is 5.75. The minimum atomic E-state index is -1.13. The van der Waals surface area contributed by atoms with E-state index in [4.69, 9.17) is 0 Å². The Hall–Kier alpha value is -2.98. The smallest absolute Gasteiger partial charge is 0.398 e. The molecular formula is C8H7N3O8. The van der Waals surface area contributed by atoms with Gasteiger partial charge in [-0.25, -0.2) is 0 Å². The van der Waals surface area contributed by atoms with Crippen LogP contribution in [0.5, 0.6) is 11.5 Å². The molecule has 0 saturated carbocycles. The van der Waals surface area contributed by atoms with Crippen molar-refractivity contribution in [1.82, 2.24) is 0 Å². The van der Waals surface area contributed by atoms with Crippen LogP contribution in [0, 0.1) is 30.3 Å². The standard InChI is InChI=1S/C8H7N3O8/c1-18-5-3-4(9(12)13)8(19-2)7(11(16)17)6(5)10(14)15/h3H,1-2H3. The summed E-state index contributed by atoms with van der Waals surface area (Å²) in [5.41, 5.74) is -2.93. The van der Waals surface area contributed by atoms with Crippen LogP contribution in [-0.4, -0.2) is 29.0 Å². The number of hydrogen-bond acceptors (Lipinski definition) is 8. The number of nitrogens with zero attached hydrogens (tertiary/aromatic N) is 3. The monoisotopic (exact) mass is 273 g/mol. The largest absolute Gasteiger partial charge is 0.490 e. The van der Waals surface area contributed by atoms with Crippen LogP contribution in [0.2, 0.25) is 0 Å². The van der Waals surface area contributed by atoms with E-state index >= 15 is 0 Å². The molecule has 0 spiro atoms. The van der Waals surface area contributed by atoms with Crippen molar-refractivity contribution in [2.24, 2.45) is 0 Å². The van der Waals surface area contributed by atoms with Gasteiger partial charge in [0, 0.05) is 0 Å². The Kier molecular flexibility index (Phi) is 3.79. The number of benzene rings is 1. The summed E-state index contributed by atoms with van der Waals surface area (Å²) in [6.45, 7) is 0. The van der Waals surface area contributed by atoms with E-state index < -0.39 is 43.3 Å². The van der Waals surface area contributed by atoms with Crippen molar-refractivity contribution in [2.75, 3.05) is 14.2 Å². The van der Waals surface area contributed by atoms with Crippen molar-refractivity contribution in [1.29, 1.82) is 0 Å². The van der Waals surface area contributed by atoms with E-state index in [1.165, 1.54) is 0 Å². The molecule has 1 rings (SSSR count). The maximum atomic E-state index is 10.9. The zero-order chi connectivity index (χ0) is 14.7. The van der Waals surface area contributed by atoms with E-state index in [1.54, 1.807) is 0 Å². The van der Waals surface area contributed by atoms with Crippen LogP contribution < -0.4 is 9.47 Å². The van der Waals surface area contributed by atoms with Crippen molar-refractivity contribution in [2.45, 2.75) is 0 Å². The molecule has 0 bridgehead atoms.